The van der Waals surface area contributed by atoms with Gasteiger partial charge in [0.15, 0.2) is 16.5 Å². The van der Waals surface area contributed by atoms with Gasteiger partial charge in [0.25, 0.3) is 0 Å². The summed E-state index contributed by atoms with van der Waals surface area (Å²) in [4.78, 5) is 26.4. The van der Waals surface area contributed by atoms with Crippen molar-refractivity contribution in [1.29, 1.82) is 0 Å². The van der Waals surface area contributed by atoms with Crippen LogP contribution in [0, 0.1) is 0 Å². The number of fused-ring (bicyclic) bond motifs is 4. The van der Waals surface area contributed by atoms with Crippen LogP contribution in [0.15, 0.2) is 134 Å². The van der Waals surface area contributed by atoms with E-state index in [0.29, 0.717) is 44.9 Å². The Morgan fingerprint density at radius 1 is 0.462 bits per heavy atom. The Bertz CT molecular complexity index is 3660. The largest absolute Gasteiger partial charge is 0.373 e. The van der Waals surface area contributed by atoms with Crippen molar-refractivity contribution in [2.24, 2.45) is 0 Å². The van der Waals surface area contributed by atoms with Gasteiger partial charge in [0.2, 0.25) is 0 Å². The summed E-state index contributed by atoms with van der Waals surface area (Å²) in [6.07, 6.45) is 21.8. The van der Waals surface area contributed by atoms with Crippen LogP contribution in [0.3, 0.4) is 0 Å². The molecule has 4 aromatic carbocycles. The Balaban J connectivity index is 0.000000171. The summed E-state index contributed by atoms with van der Waals surface area (Å²) in [6, 6.07) is 28.5. The molecule has 8 aromatic rings. The summed E-state index contributed by atoms with van der Waals surface area (Å²) >= 11 is 19.0. The lowest BCUT2D eigenvalue weighted by Crippen LogP contribution is -2.51. The molecule has 91 heavy (non-hydrogen) atoms. The number of Topliss-reactive ketones (excluding diaryl/α,β-unsaturated/α-hetero) is 1. The second-order valence-corrected chi connectivity index (χ2v) is 43.0. The first-order valence-corrected chi connectivity index (χ1v) is 41.7. The first kappa shape index (κ1) is 75.1. The number of hydrogen-bond donors (Lipinski definition) is 2. The van der Waals surface area contributed by atoms with E-state index in [1.165, 1.54) is 107 Å². The van der Waals surface area contributed by atoms with Gasteiger partial charge in [0.05, 0.1) is 0 Å². The molecule has 0 unspecified atom stereocenters. The number of benzene rings is 4. The van der Waals surface area contributed by atoms with Crippen LogP contribution < -0.4 is 0 Å². The molecule has 16 heteroatoms. The topological polar surface area (TPSA) is 71.5 Å². The molecule has 4 aromatic heterocycles. The smallest absolute Gasteiger partial charge is 0.169 e. The molecule has 0 amide bonds. The van der Waals surface area contributed by atoms with Crippen molar-refractivity contribution in [3.63, 3.8) is 0 Å². The van der Waals surface area contributed by atoms with Gasteiger partial charge in [-0.25, -0.2) is 0 Å². The summed E-state index contributed by atoms with van der Waals surface area (Å²) < 4.78 is 10.2. The van der Waals surface area contributed by atoms with E-state index in [1.807, 2.05) is 19.3 Å². The monoisotopic (exact) mass is 1540 g/mol. The van der Waals surface area contributed by atoms with E-state index in [9.17, 15) is 4.79 Å². The van der Waals surface area contributed by atoms with Crippen molar-refractivity contribution >= 4 is 152 Å². The van der Waals surface area contributed by atoms with Crippen molar-refractivity contribution in [2.75, 3.05) is 86.9 Å². The maximum Gasteiger partial charge on any atom is 0.169 e. The molecular formula is C75H107Br4ClN8OSi2. The Hall–Kier alpha value is -3.33. The summed E-state index contributed by atoms with van der Waals surface area (Å²) in [6.45, 7) is 38.2. The van der Waals surface area contributed by atoms with Crippen LogP contribution in [0.25, 0.3) is 54.8 Å². The molecule has 0 spiro atoms. The highest BCUT2D eigenvalue weighted by atomic mass is 79.9. The van der Waals surface area contributed by atoms with E-state index in [-0.39, 0.29) is 0 Å². The zero-order valence-corrected chi connectivity index (χ0v) is 67.0. The third-order valence-electron chi connectivity index (χ3n) is 20.3. The molecule has 4 aliphatic heterocycles. The van der Waals surface area contributed by atoms with Crippen molar-refractivity contribution in [1.82, 2.24) is 38.0 Å². The van der Waals surface area contributed by atoms with Crippen molar-refractivity contribution in [3.05, 3.63) is 150 Å². The number of piperidine rings is 2. The minimum atomic E-state index is -1.78. The zero-order valence-electron chi connectivity index (χ0n) is 57.9. The second-order valence-electron chi connectivity index (χ2n) is 27.9. The molecule has 2 saturated heterocycles. The first-order chi connectivity index (χ1) is 43.3. The van der Waals surface area contributed by atoms with Crippen LogP contribution in [0.4, 0.5) is 0 Å². The lowest BCUT2D eigenvalue weighted by molar-refractivity contribution is -0.121. The average Bonchev–Trinajstić information content (AvgIpc) is 1.62. The Morgan fingerprint density at radius 3 is 1.36 bits per heavy atom. The van der Waals surface area contributed by atoms with Crippen LogP contribution >= 0.6 is 75.3 Å². The Morgan fingerprint density at radius 2 is 0.879 bits per heavy atom. The van der Waals surface area contributed by atoms with Crippen LogP contribution in [0.2, 0.25) is 33.2 Å². The minimum Gasteiger partial charge on any atom is -0.373 e. The highest BCUT2D eigenvalue weighted by molar-refractivity contribution is 9.11. The second kappa shape index (κ2) is 34.1. The fourth-order valence-corrected chi connectivity index (χ4v) is 30.7. The van der Waals surface area contributed by atoms with Crippen LogP contribution in [0.1, 0.15) is 144 Å². The molecule has 0 aliphatic carbocycles. The number of H-pyrrole nitrogens is 2. The van der Waals surface area contributed by atoms with Gasteiger partial charge in [-0.3, -0.25) is 4.79 Å². The summed E-state index contributed by atoms with van der Waals surface area (Å²) in [7, 11) is 5.15. The van der Waals surface area contributed by atoms with Crippen molar-refractivity contribution in [3.8, 4) is 0 Å². The van der Waals surface area contributed by atoms with Gasteiger partial charge in [-0.05, 0) is 208 Å². The van der Waals surface area contributed by atoms with Crippen LogP contribution in [-0.2, 0) is 4.79 Å². The molecule has 2 N–H and O–H groups in total. The van der Waals surface area contributed by atoms with Gasteiger partial charge in [-0.1, -0.05) is 159 Å². The number of carbonyl (C=O) groups excluding carboxylic acids is 1. The average molecular weight is 1550 g/mol. The number of aromatic amines is 2. The number of alkyl halides is 1. The maximum atomic E-state index is 10.6. The van der Waals surface area contributed by atoms with Gasteiger partial charge in [-0.15, -0.1) is 11.6 Å². The highest BCUT2D eigenvalue weighted by Crippen LogP contribution is 2.48. The third-order valence-corrected chi connectivity index (χ3v) is 35.8. The standard InChI is InChI=1S/C23H37BrN2Si.C23H35BrN2Si.C14H15BrN2.C8H6BrN.C6H11NO.CH3Cl/c2*1-16(2)27(17(3)4,18(5)6)26-15-22(19-10-12-25(7)13-11-19)21-14-20(24)8-9-23(21)26;1-17-6-4-10(5-7-17)13-9-16-14-3-2-11(15)8-12(13)14;9-7-1-2-8-6(5-7)3-4-10-8;1-7-4-2-6(8)3-5-7;1-2/h8-9,14-19H,10-13H2,1-7H3;8-10,14-18H,11-13H2,1-7H3;2-4,8-9,16H,5-7H2,1H3;1-5,10H;2-5H2,1H3;1H3. The number of rotatable bonds is 11. The van der Waals surface area contributed by atoms with Crippen molar-refractivity contribution < 1.29 is 4.79 Å². The van der Waals surface area contributed by atoms with Gasteiger partial charge >= 0.3 is 0 Å². The molecule has 0 saturated carbocycles. The molecule has 496 valence electrons. The molecular weight excluding hydrogens is 1440 g/mol. The number of hydrogen-bond acceptors (Lipinski definition) is 5. The van der Waals surface area contributed by atoms with E-state index in [0.717, 1.165) is 73.9 Å². The molecule has 0 radical (unpaired) electrons. The van der Waals surface area contributed by atoms with Gasteiger partial charge in [0.1, 0.15) is 5.78 Å². The number of nitrogens with zero attached hydrogens (tertiary/aromatic N) is 6. The van der Waals surface area contributed by atoms with E-state index in [1.54, 1.807) is 5.56 Å². The minimum absolute atomic E-state index is 0.420. The van der Waals surface area contributed by atoms with E-state index in [2.05, 4.69) is 321 Å². The van der Waals surface area contributed by atoms with Gasteiger partial charge in [0, 0.05) is 150 Å². The molecule has 2 fully saturated rings. The number of nitrogens with one attached hydrogen (secondary N) is 2. The number of likely N-dealkylation sites (tertiary alicyclic amines) is 2. The fraction of sp³-hybridized carbons (Fsp3) is 0.507. The van der Waals surface area contributed by atoms with Crippen LogP contribution in [-0.4, -0.2) is 147 Å². The number of ketones is 1. The van der Waals surface area contributed by atoms with Crippen molar-refractivity contribution in [2.45, 2.75) is 161 Å². The molecule has 9 nitrogen and oxygen atoms in total. The SMILES string of the molecule is Brc1ccc2[nH]ccc2c1.CC(C)[Si](C(C)C)(C(C)C)n1cc(C2=CCN(C)CC2)c2cc(Br)ccc21.CC(C)[Si](C(C)C)(C(C)C)n1cc(C2CCN(C)CC2)c2cc(Br)ccc21.CCl.CN1CC=C(c2c[nH]c3ccc(Br)cc23)CC1.CN1CCC(=O)CC1. The fourth-order valence-electron chi connectivity index (χ4n) is 15.9. The number of likely N-dealkylation sites (N-methyl/N-ethyl adjacent to an activating group) is 2. The first-order valence-electron chi connectivity index (χ1n) is 33.4. The predicted octanol–water partition coefficient (Wildman–Crippen LogP) is 22.1. The van der Waals surface area contributed by atoms with Crippen LogP contribution in [0.5, 0.6) is 0 Å². The quantitative estimate of drug-likeness (QED) is 0.0997. The number of carbonyl (C=O) groups is 1. The lowest BCUT2D eigenvalue weighted by Gasteiger charge is -2.44. The molecule has 8 heterocycles. The third kappa shape index (κ3) is 17.6. The zero-order chi connectivity index (χ0) is 66.6. The molecule has 4 aliphatic rings. The van der Waals surface area contributed by atoms with E-state index < -0.39 is 16.5 Å². The molecule has 0 atom stereocenters. The van der Waals surface area contributed by atoms with Gasteiger partial charge in [-0.2, -0.15) is 0 Å². The lowest BCUT2D eigenvalue weighted by atomic mass is 9.89. The number of aromatic nitrogens is 4. The molecule has 12 rings (SSSR count). The summed E-state index contributed by atoms with van der Waals surface area (Å²) in [5.74, 6) is 1.11. The van der Waals surface area contributed by atoms with E-state index in [4.69, 9.17) is 0 Å². The summed E-state index contributed by atoms with van der Waals surface area (Å²) in [5, 5.41) is 5.46. The summed E-state index contributed by atoms with van der Waals surface area (Å²) in [5.41, 5.74) is 16.9. The highest BCUT2D eigenvalue weighted by Gasteiger charge is 2.47. The van der Waals surface area contributed by atoms with Gasteiger partial charge < -0.3 is 38.0 Å². The Labute approximate surface area is 588 Å². The van der Waals surface area contributed by atoms with E-state index >= 15 is 0 Å². The number of halogens is 5. The maximum absolute atomic E-state index is 10.6. The predicted molar refractivity (Wildman–Crippen MR) is 417 cm³/mol. The Kier molecular flexibility index (Phi) is 28.1. The molecule has 0 bridgehead atoms. The normalized spacial score (nSPS) is 16.8.